The maximum absolute atomic E-state index is 5.89. The molecule has 0 aromatic carbocycles. The lowest BCUT2D eigenvalue weighted by atomic mass is 9.92. The van der Waals surface area contributed by atoms with Gasteiger partial charge in [0.15, 0.2) is 0 Å². The maximum atomic E-state index is 5.89. The quantitative estimate of drug-likeness (QED) is 0.824. The topological polar surface area (TPSA) is 67.1 Å². The molecule has 1 heterocycles. The first-order valence-corrected chi connectivity index (χ1v) is 6.17. The highest BCUT2D eigenvalue weighted by Gasteiger charge is 2.18. The Bertz CT molecular complexity index is 358. The van der Waals surface area contributed by atoms with Crippen LogP contribution in [0.25, 0.3) is 0 Å². The van der Waals surface area contributed by atoms with E-state index >= 15 is 0 Å². The van der Waals surface area contributed by atoms with Crippen molar-refractivity contribution in [1.82, 2.24) is 9.97 Å². The smallest absolute Gasteiger partial charge is 0.226 e. The fourth-order valence-electron chi connectivity index (χ4n) is 2.12. The maximum Gasteiger partial charge on any atom is 0.226 e. The van der Waals surface area contributed by atoms with Crippen LogP contribution in [0.5, 0.6) is 0 Å². The Kier molecular flexibility index (Phi) is 3.78. The van der Waals surface area contributed by atoms with Gasteiger partial charge in [0.05, 0.1) is 0 Å². The van der Waals surface area contributed by atoms with Crippen molar-refractivity contribution >= 4 is 11.8 Å². The van der Waals surface area contributed by atoms with Crippen LogP contribution in [0.15, 0.2) is 12.3 Å². The Labute approximate surface area is 102 Å². The zero-order chi connectivity index (χ0) is 12.3. The Morgan fingerprint density at radius 1 is 1.29 bits per heavy atom. The van der Waals surface area contributed by atoms with Crippen LogP contribution >= 0.6 is 0 Å². The first kappa shape index (κ1) is 12.1. The van der Waals surface area contributed by atoms with Gasteiger partial charge in [-0.1, -0.05) is 0 Å². The number of aromatic nitrogens is 2. The van der Waals surface area contributed by atoms with Crippen molar-refractivity contribution in [1.29, 1.82) is 0 Å². The van der Waals surface area contributed by atoms with Crippen molar-refractivity contribution in [2.75, 3.05) is 24.3 Å². The fourth-order valence-corrected chi connectivity index (χ4v) is 2.12. The summed E-state index contributed by atoms with van der Waals surface area (Å²) in [5.74, 6) is 1.65. The van der Waals surface area contributed by atoms with Gasteiger partial charge in [0.1, 0.15) is 5.82 Å². The highest BCUT2D eigenvalue weighted by atomic mass is 15.2. The summed E-state index contributed by atoms with van der Waals surface area (Å²) in [6, 6.07) is 2.80. The highest BCUT2D eigenvalue weighted by Crippen LogP contribution is 2.20. The molecule has 0 atom stereocenters. The van der Waals surface area contributed by atoms with Crippen LogP contribution in [0, 0.1) is 0 Å². The lowest BCUT2D eigenvalue weighted by molar-refractivity contribution is 0.410. The van der Waals surface area contributed by atoms with E-state index in [2.05, 4.69) is 15.3 Å². The predicted octanol–water partition coefficient (Wildman–Crippen LogP) is 1.22. The van der Waals surface area contributed by atoms with E-state index in [1.165, 1.54) is 0 Å². The first-order chi connectivity index (χ1) is 8.15. The van der Waals surface area contributed by atoms with Crippen LogP contribution < -0.4 is 16.0 Å². The summed E-state index contributed by atoms with van der Waals surface area (Å²) in [5, 5.41) is 3.46. The van der Waals surface area contributed by atoms with E-state index in [4.69, 9.17) is 5.73 Å². The van der Waals surface area contributed by atoms with E-state index in [9.17, 15) is 0 Å². The van der Waals surface area contributed by atoms with E-state index < -0.39 is 0 Å². The zero-order valence-electron chi connectivity index (χ0n) is 10.6. The third-order valence-corrected chi connectivity index (χ3v) is 3.17. The van der Waals surface area contributed by atoms with Gasteiger partial charge in [-0.15, -0.1) is 0 Å². The molecule has 0 bridgehead atoms. The van der Waals surface area contributed by atoms with Gasteiger partial charge in [-0.05, 0) is 31.7 Å². The van der Waals surface area contributed by atoms with Crippen molar-refractivity contribution in [3.63, 3.8) is 0 Å². The van der Waals surface area contributed by atoms with Crippen LogP contribution in [-0.2, 0) is 0 Å². The largest absolute Gasteiger partial charge is 0.367 e. The number of nitrogens with zero attached hydrogens (tertiary/aromatic N) is 3. The molecule has 1 aliphatic carbocycles. The van der Waals surface area contributed by atoms with Crippen LogP contribution in [0.3, 0.4) is 0 Å². The second-order valence-corrected chi connectivity index (χ2v) is 4.89. The third kappa shape index (κ3) is 3.30. The van der Waals surface area contributed by atoms with Crippen LogP contribution in [0.1, 0.15) is 25.7 Å². The molecule has 0 spiro atoms. The molecule has 5 nitrogen and oxygen atoms in total. The average molecular weight is 235 g/mol. The molecule has 0 saturated heterocycles. The number of hydrogen-bond acceptors (Lipinski definition) is 5. The molecule has 3 N–H and O–H groups in total. The van der Waals surface area contributed by atoms with Crippen molar-refractivity contribution in [2.24, 2.45) is 5.73 Å². The Hall–Kier alpha value is -1.36. The van der Waals surface area contributed by atoms with E-state index in [-0.39, 0.29) is 0 Å². The van der Waals surface area contributed by atoms with Crippen LogP contribution in [0.2, 0.25) is 0 Å². The number of rotatable bonds is 3. The minimum absolute atomic E-state index is 0.385. The second kappa shape index (κ2) is 5.31. The number of anilines is 2. The van der Waals surface area contributed by atoms with Crippen molar-refractivity contribution in [3.05, 3.63) is 12.3 Å². The number of nitrogens with one attached hydrogen (secondary N) is 1. The summed E-state index contributed by atoms with van der Waals surface area (Å²) in [6.07, 6.45) is 6.25. The molecular weight excluding hydrogens is 214 g/mol. The molecule has 0 radical (unpaired) electrons. The van der Waals surface area contributed by atoms with E-state index in [1.54, 1.807) is 6.20 Å². The standard InChI is InChI=1S/C12H21N5/c1-17(2)12-14-8-7-11(16-12)15-10-5-3-9(13)4-6-10/h7-10H,3-6,13H2,1-2H3,(H,14,15,16). The van der Waals surface area contributed by atoms with E-state index in [0.29, 0.717) is 12.1 Å². The molecule has 94 valence electrons. The molecule has 17 heavy (non-hydrogen) atoms. The van der Waals surface area contributed by atoms with Gasteiger partial charge in [0, 0.05) is 32.4 Å². The summed E-state index contributed by atoms with van der Waals surface area (Å²) >= 11 is 0. The molecule has 0 aliphatic heterocycles. The lowest BCUT2D eigenvalue weighted by Crippen LogP contribution is -2.33. The molecule has 0 unspecified atom stereocenters. The number of hydrogen-bond donors (Lipinski definition) is 2. The average Bonchev–Trinajstić information content (AvgIpc) is 2.32. The summed E-state index contributed by atoms with van der Waals surface area (Å²) < 4.78 is 0. The fraction of sp³-hybridized carbons (Fsp3) is 0.667. The zero-order valence-corrected chi connectivity index (χ0v) is 10.6. The SMILES string of the molecule is CN(C)c1nccc(NC2CCC(N)CC2)n1. The summed E-state index contributed by atoms with van der Waals surface area (Å²) in [7, 11) is 3.89. The number of nitrogens with two attached hydrogens (primary N) is 1. The van der Waals surface area contributed by atoms with Crippen LogP contribution in [-0.4, -0.2) is 36.1 Å². The Morgan fingerprint density at radius 2 is 2.00 bits per heavy atom. The normalized spacial score (nSPS) is 24.4. The third-order valence-electron chi connectivity index (χ3n) is 3.17. The van der Waals surface area contributed by atoms with E-state index in [1.807, 2.05) is 25.1 Å². The molecule has 1 saturated carbocycles. The minimum atomic E-state index is 0.385. The molecule has 5 heteroatoms. The molecule has 1 fully saturated rings. The van der Waals surface area contributed by atoms with Gasteiger partial charge in [0.2, 0.25) is 5.95 Å². The molecule has 2 rings (SSSR count). The van der Waals surface area contributed by atoms with Crippen molar-refractivity contribution < 1.29 is 0 Å². The summed E-state index contributed by atoms with van der Waals surface area (Å²) in [5.41, 5.74) is 5.89. The van der Waals surface area contributed by atoms with Gasteiger partial charge < -0.3 is 16.0 Å². The van der Waals surface area contributed by atoms with Gasteiger partial charge in [0.25, 0.3) is 0 Å². The monoisotopic (exact) mass is 235 g/mol. The highest BCUT2D eigenvalue weighted by molar-refractivity contribution is 5.41. The predicted molar refractivity (Wildman–Crippen MR) is 70.2 cm³/mol. The minimum Gasteiger partial charge on any atom is -0.367 e. The van der Waals surface area contributed by atoms with Crippen LogP contribution in [0.4, 0.5) is 11.8 Å². The van der Waals surface area contributed by atoms with Gasteiger partial charge >= 0.3 is 0 Å². The molecule has 1 aromatic heterocycles. The lowest BCUT2D eigenvalue weighted by Gasteiger charge is -2.27. The van der Waals surface area contributed by atoms with Gasteiger partial charge in [-0.3, -0.25) is 0 Å². The molecule has 1 aromatic rings. The summed E-state index contributed by atoms with van der Waals surface area (Å²) in [6.45, 7) is 0. The molecule has 1 aliphatic rings. The summed E-state index contributed by atoms with van der Waals surface area (Å²) in [4.78, 5) is 10.6. The Balaban J connectivity index is 1.96. The van der Waals surface area contributed by atoms with Gasteiger partial charge in [-0.25, -0.2) is 4.98 Å². The van der Waals surface area contributed by atoms with Crippen molar-refractivity contribution in [2.45, 2.75) is 37.8 Å². The van der Waals surface area contributed by atoms with E-state index in [0.717, 1.165) is 37.4 Å². The Morgan fingerprint density at radius 3 is 2.65 bits per heavy atom. The first-order valence-electron chi connectivity index (χ1n) is 6.17. The van der Waals surface area contributed by atoms with Crippen molar-refractivity contribution in [3.8, 4) is 0 Å². The second-order valence-electron chi connectivity index (χ2n) is 4.89. The molecular formula is C12H21N5. The molecule has 0 amide bonds. The van der Waals surface area contributed by atoms with Gasteiger partial charge in [-0.2, -0.15) is 4.98 Å².